The van der Waals surface area contributed by atoms with Gasteiger partial charge in [0.05, 0.1) is 23.6 Å². The number of rotatable bonds is 25. The fourth-order valence-corrected chi connectivity index (χ4v) is 9.04. The van der Waals surface area contributed by atoms with Gasteiger partial charge in [0.1, 0.15) is 5.78 Å². The molecule has 0 saturated heterocycles. The highest BCUT2D eigenvalue weighted by Crippen LogP contribution is 2.34. The third-order valence-corrected chi connectivity index (χ3v) is 12.7. The smallest absolute Gasteiger partial charge is 0.255 e. The summed E-state index contributed by atoms with van der Waals surface area (Å²) in [5.74, 6) is 1.69. The number of aryl methyl sites for hydroxylation is 1. The molecule has 344 valence electrons. The van der Waals surface area contributed by atoms with Crippen molar-refractivity contribution in [1.29, 1.82) is 0 Å². The van der Waals surface area contributed by atoms with E-state index in [1.54, 1.807) is 24.5 Å². The number of benzene rings is 2. The lowest BCUT2D eigenvalue weighted by Gasteiger charge is -2.28. The number of fused-ring (bicyclic) bond motifs is 1. The number of pyridine rings is 1. The zero-order valence-corrected chi connectivity index (χ0v) is 39.3. The second-order valence-electron chi connectivity index (χ2n) is 18.6. The lowest BCUT2D eigenvalue weighted by atomic mass is 9.77. The summed E-state index contributed by atoms with van der Waals surface area (Å²) < 4.78 is 0. The van der Waals surface area contributed by atoms with Gasteiger partial charge in [-0.25, -0.2) is 0 Å². The monoisotopic (exact) mass is 872 g/mol. The van der Waals surface area contributed by atoms with E-state index in [0.29, 0.717) is 79.9 Å². The molecule has 1 fully saturated rings. The van der Waals surface area contributed by atoms with Crippen molar-refractivity contribution in [3.8, 4) is 0 Å². The molecule has 10 nitrogen and oxygen atoms in total. The van der Waals surface area contributed by atoms with Crippen molar-refractivity contribution >= 4 is 52.5 Å². The Bertz CT molecular complexity index is 2080. The minimum absolute atomic E-state index is 0.0284. The first-order chi connectivity index (χ1) is 30.9. The van der Waals surface area contributed by atoms with Gasteiger partial charge in [-0.05, 0) is 118 Å². The van der Waals surface area contributed by atoms with Crippen molar-refractivity contribution in [1.82, 2.24) is 15.2 Å². The molecular formula is C54H73N5O5. The number of amides is 3. The van der Waals surface area contributed by atoms with Gasteiger partial charge in [0.2, 0.25) is 11.8 Å². The molecule has 10 heteroatoms. The first kappa shape index (κ1) is 49.8. The Labute approximate surface area is 382 Å². The van der Waals surface area contributed by atoms with E-state index in [4.69, 9.17) is 4.99 Å². The molecule has 1 aliphatic heterocycles. The summed E-state index contributed by atoms with van der Waals surface area (Å²) >= 11 is 0. The largest absolute Gasteiger partial charge is 0.346 e. The Morgan fingerprint density at radius 1 is 0.812 bits per heavy atom. The van der Waals surface area contributed by atoms with Crippen molar-refractivity contribution in [2.75, 3.05) is 18.4 Å². The van der Waals surface area contributed by atoms with Crippen molar-refractivity contribution in [2.24, 2.45) is 22.7 Å². The molecule has 3 amide bonds. The van der Waals surface area contributed by atoms with E-state index in [1.807, 2.05) is 60.4 Å². The van der Waals surface area contributed by atoms with Gasteiger partial charge in [-0.3, -0.25) is 33.9 Å². The molecule has 1 saturated carbocycles. The van der Waals surface area contributed by atoms with Crippen LogP contribution in [0.15, 0.2) is 77.6 Å². The van der Waals surface area contributed by atoms with E-state index >= 15 is 0 Å². The molecule has 2 heterocycles. The minimum atomic E-state index is -0.668. The van der Waals surface area contributed by atoms with Gasteiger partial charge in [-0.1, -0.05) is 89.8 Å². The first-order valence-electron chi connectivity index (χ1n) is 24.2. The van der Waals surface area contributed by atoms with Crippen LogP contribution in [-0.2, 0) is 32.0 Å². The van der Waals surface area contributed by atoms with E-state index in [-0.39, 0.29) is 35.8 Å². The van der Waals surface area contributed by atoms with Crippen LogP contribution in [0, 0.1) is 17.8 Å². The summed E-state index contributed by atoms with van der Waals surface area (Å²) in [6.45, 7) is 12.0. The lowest BCUT2D eigenvalue weighted by Crippen LogP contribution is -2.42. The number of nitrogens with zero attached hydrogens (tertiary/aromatic N) is 3. The Balaban J connectivity index is 1.10. The van der Waals surface area contributed by atoms with Gasteiger partial charge in [-0.15, -0.1) is 0 Å². The lowest BCUT2D eigenvalue weighted by molar-refractivity contribution is -0.127. The third kappa shape index (κ3) is 16.1. The predicted octanol–water partition coefficient (Wildman–Crippen LogP) is 11.2. The maximum atomic E-state index is 13.7. The summed E-state index contributed by atoms with van der Waals surface area (Å²) in [6, 6.07) is 16.2. The van der Waals surface area contributed by atoms with Crippen LogP contribution in [0.2, 0.25) is 0 Å². The molecule has 5 rings (SSSR count). The van der Waals surface area contributed by atoms with Gasteiger partial charge < -0.3 is 15.5 Å². The molecule has 0 radical (unpaired) electrons. The number of anilines is 1. The van der Waals surface area contributed by atoms with Gasteiger partial charge >= 0.3 is 0 Å². The number of aliphatic imine (C=N–C) groups is 1. The van der Waals surface area contributed by atoms with Crippen LogP contribution in [0.5, 0.6) is 0 Å². The minimum Gasteiger partial charge on any atom is -0.346 e. The second-order valence-corrected chi connectivity index (χ2v) is 18.6. The molecule has 2 aliphatic rings. The predicted molar refractivity (Wildman–Crippen MR) is 259 cm³/mol. The molecule has 0 spiro atoms. The molecule has 3 aromatic rings. The van der Waals surface area contributed by atoms with Crippen LogP contribution in [0.25, 0.3) is 6.08 Å². The number of carbonyl (C=O) groups is 5. The fraction of sp³-hybridized carbons (Fsp3) is 0.537. The number of aromatic nitrogens is 1. The fourth-order valence-electron chi connectivity index (χ4n) is 9.04. The number of ketones is 2. The summed E-state index contributed by atoms with van der Waals surface area (Å²) in [4.78, 5) is 77.8. The number of hydrogen-bond acceptors (Lipinski definition) is 7. The van der Waals surface area contributed by atoms with E-state index in [2.05, 4.69) is 43.3 Å². The van der Waals surface area contributed by atoms with Crippen LogP contribution in [0.1, 0.15) is 164 Å². The number of hydrogen-bond donors (Lipinski definition) is 2. The van der Waals surface area contributed by atoms with E-state index in [1.165, 1.54) is 25.7 Å². The Kier molecular flexibility index (Phi) is 20.1. The molecule has 2 N–H and O–H groups in total. The SMILES string of the molecule is CCCN(CCC)C(=O)C1=Cc2ccc(C(=O)Nc3cncc(CCC(=O)C(Cc4ccccc4)NC(=O)CCCCCCC(=O)C4CCC(CCC(C)C)CC4)c3)cc2N=C(C)C1. The zero-order valence-electron chi connectivity index (χ0n) is 39.3. The second kappa shape index (κ2) is 25.9. The topological polar surface area (TPSA) is 138 Å². The van der Waals surface area contributed by atoms with Crippen LogP contribution in [0.4, 0.5) is 11.4 Å². The molecule has 1 unspecified atom stereocenters. The van der Waals surface area contributed by atoms with Gasteiger partial charge in [0.25, 0.3) is 5.91 Å². The quantitative estimate of drug-likeness (QED) is 0.0813. The van der Waals surface area contributed by atoms with Gasteiger partial charge in [0.15, 0.2) is 5.78 Å². The molecule has 1 aromatic heterocycles. The number of carbonyl (C=O) groups excluding carboxylic acids is 5. The van der Waals surface area contributed by atoms with Crippen LogP contribution in [0.3, 0.4) is 0 Å². The maximum absolute atomic E-state index is 13.7. The molecule has 0 bridgehead atoms. The van der Waals surface area contributed by atoms with Crippen molar-refractivity contribution < 1.29 is 24.0 Å². The standard InChI is InChI=1S/C54H73N5O5/c1-6-29-59(30-7-2)54(64)46-31-39(5)56-48-35-45(27-26-44(48)34-46)53(63)57-47-32-42(36-55-37-47)23-28-51(61)49(33-41-15-11-10-12-16-41)58-52(62)18-14-9-8-13-17-50(60)43-24-21-40(22-25-43)20-19-38(3)4/h10-12,15-16,26-27,32,34-38,40,43,49H,6-9,13-14,17-25,28-31,33H2,1-5H3,(H,57,63)(H,58,62). The van der Waals surface area contributed by atoms with Crippen molar-refractivity contribution in [3.05, 3.63) is 94.8 Å². The highest BCUT2D eigenvalue weighted by Gasteiger charge is 2.26. The third-order valence-electron chi connectivity index (χ3n) is 12.7. The van der Waals surface area contributed by atoms with Crippen LogP contribution < -0.4 is 10.6 Å². The van der Waals surface area contributed by atoms with Crippen LogP contribution >= 0.6 is 0 Å². The molecule has 64 heavy (non-hydrogen) atoms. The van der Waals surface area contributed by atoms with Crippen LogP contribution in [-0.4, -0.2) is 64.0 Å². The first-order valence-corrected chi connectivity index (χ1v) is 24.2. The zero-order chi connectivity index (χ0) is 45.8. The number of nitrogens with one attached hydrogen (secondary N) is 2. The molecule has 2 aromatic carbocycles. The highest BCUT2D eigenvalue weighted by molar-refractivity contribution is 6.08. The summed E-state index contributed by atoms with van der Waals surface area (Å²) in [5, 5.41) is 5.98. The Morgan fingerprint density at radius 3 is 2.23 bits per heavy atom. The average Bonchev–Trinajstić information content (AvgIpc) is 3.46. The summed E-state index contributed by atoms with van der Waals surface area (Å²) in [7, 11) is 0. The van der Waals surface area contributed by atoms with Crippen molar-refractivity contribution in [3.63, 3.8) is 0 Å². The number of unbranched alkanes of at least 4 members (excludes halogenated alkanes) is 3. The Morgan fingerprint density at radius 2 is 1.53 bits per heavy atom. The maximum Gasteiger partial charge on any atom is 0.255 e. The molecule has 1 atom stereocenters. The highest BCUT2D eigenvalue weighted by atomic mass is 16.2. The van der Waals surface area contributed by atoms with Gasteiger partial charge in [-0.2, -0.15) is 0 Å². The van der Waals surface area contributed by atoms with E-state index in [9.17, 15) is 24.0 Å². The normalized spacial score (nSPS) is 16.5. The molecular weight excluding hydrogens is 799 g/mol. The average molecular weight is 872 g/mol. The van der Waals surface area contributed by atoms with E-state index < -0.39 is 6.04 Å². The van der Waals surface area contributed by atoms with E-state index in [0.717, 1.165) is 79.2 Å². The Hall–Kier alpha value is -5.25. The summed E-state index contributed by atoms with van der Waals surface area (Å²) in [5.41, 5.74) is 5.60. The summed E-state index contributed by atoms with van der Waals surface area (Å²) in [6.07, 6.45) is 19.8. The van der Waals surface area contributed by atoms with Gasteiger partial charge in [0, 0.05) is 73.3 Å². The number of Topliss-reactive ketones (excluding diaryl/α,β-unsaturated/α-hetero) is 2. The molecule has 1 aliphatic carbocycles. The van der Waals surface area contributed by atoms with Crippen molar-refractivity contribution in [2.45, 2.75) is 156 Å².